The summed E-state index contributed by atoms with van der Waals surface area (Å²) in [5, 5.41) is 22.6. The predicted molar refractivity (Wildman–Crippen MR) is 102 cm³/mol. The standard InChI is InChI=1S/C18H16BrN3O5/c1-26-8-2-7-21-18(23)12(11-20)9-14-4-6-17(27-14)15-5-3-13(22(24)25)10-16(15)19/h3-6,9-10H,2,7-8H2,1H3,(H,21,23)/b12-9+. The van der Waals surface area contributed by atoms with Gasteiger partial charge in [-0.15, -0.1) is 0 Å². The number of hydrogen-bond donors (Lipinski definition) is 1. The molecule has 0 aliphatic heterocycles. The first-order valence-corrected chi connectivity index (χ1v) is 8.68. The molecule has 8 nitrogen and oxygen atoms in total. The average Bonchev–Trinajstić information content (AvgIpc) is 3.11. The average molecular weight is 434 g/mol. The number of nitriles is 1. The van der Waals surface area contributed by atoms with E-state index < -0.39 is 10.8 Å². The Hall–Kier alpha value is -2.96. The van der Waals surface area contributed by atoms with Crippen LogP contribution in [0.4, 0.5) is 5.69 Å². The number of nitrogens with zero attached hydrogens (tertiary/aromatic N) is 2. The first-order valence-electron chi connectivity index (χ1n) is 7.89. The van der Waals surface area contributed by atoms with Crippen LogP contribution in [0, 0.1) is 21.4 Å². The summed E-state index contributed by atoms with van der Waals surface area (Å²) in [7, 11) is 1.57. The molecule has 1 aromatic heterocycles. The number of nitro groups is 1. The molecule has 0 fully saturated rings. The lowest BCUT2D eigenvalue weighted by molar-refractivity contribution is -0.384. The smallest absolute Gasteiger partial charge is 0.270 e. The van der Waals surface area contributed by atoms with Gasteiger partial charge in [-0.3, -0.25) is 14.9 Å². The van der Waals surface area contributed by atoms with Gasteiger partial charge in [0.1, 0.15) is 23.2 Å². The third-order valence-corrected chi connectivity index (χ3v) is 4.17. The van der Waals surface area contributed by atoms with Crippen LogP contribution in [-0.2, 0) is 9.53 Å². The Labute approximate surface area is 163 Å². The lowest BCUT2D eigenvalue weighted by Gasteiger charge is -2.03. The fourth-order valence-corrected chi connectivity index (χ4v) is 2.76. The van der Waals surface area contributed by atoms with E-state index >= 15 is 0 Å². The number of carbonyl (C=O) groups excluding carboxylic acids is 1. The van der Waals surface area contributed by atoms with Gasteiger partial charge in [-0.2, -0.15) is 5.26 Å². The molecule has 1 heterocycles. The van der Waals surface area contributed by atoms with Crippen LogP contribution in [-0.4, -0.2) is 31.1 Å². The molecule has 0 saturated carbocycles. The molecule has 2 aromatic rings. The number of halogens is 1. The number of amides is 1. The van der Waals surface area contributed by atoms with Crippen molar-refractivity contribution in [3.63, 3.8) is 0 Å². The summed E-state index contributed by atoms with van der Waals surface area (Å²) in [6.45, 7) is 0.905. The zero-order valence-electron chi connectivity index (χ0n) is 14.4. The molecular weight excluding hydrogens is 418 g/mol. The van der Waals surface area contributed by atoms with E-state index in [0.29, 0.717) is 41.1 Å². The van der Waals surface area contributed by atoms with Gasteiger partial charge in [-0.25, -0.2) is 0 Å². The second-order valence-electron chi connectivity index (χ2n) is 5.40. The minimum Gasteiger partial charge on any atom is -0.457 e. The summed E-state index contributed by atoms with van der Waals surface area (Å²) in [5.41, 5.74) is 0.480. The quantitative estimate of drug-likeness (QED) is 0.223. The van der Waals surface area contributed by atoms with Crippen LogP contribution in [0.15, 0.2) is 44.8 Å². The second kappa shape index (κ2) is 9.66. The second-order valence-corrected chi connectivity index (χ2v) is 6.25. The van der Waals surface area contributed by atoms with E-state index in [0.717, 1.165) is 0 Å². The molecule has 0 aliphatic carbocycles. The molecule has 1 N–H and O–H groups in total. The van der Waals surface area contributed by atoms with Crippen LogP contribution in [0.1, 0.15) is 12.2 Å². The fourth-order valence-electron chi connectivity index (χ4n) is 2.20. The van der Waals surface area contributed by atoms with Gasteiger partial charge in [0.25, 0.3) is 11.6 Å². The summed E-state index contributed by atoms with van der Waals surface area (Å²) in [5.74, 6) is 0.266. The van der Waals surface area contributed by atoms with Crippen molar-refractivity contribution >= 4 is 33.6 Å². The van der Waals surface area contributed by atoms with Crippen molar-refractivity contribution in [1.82, 2.24) is 5.32 Å². The highest BCUT2D eigenvalue weighted by molar-refractivity contribution is 9.10. The number of furan rings is 1. The Kier molecular flexibility index (Phi) is 7.28. The van der Waals surface area contributed by atoms with E-state index in [-0.39, 0.29) is 11.3 Å². The van der Waals surface area contributed by atoms with Gasteiger partial charge in [-0.05, 0) is 40.5 Å². The SMILES string of the molecule is COCCCNC(=O)/C(C#N)=C/c1ccc(-c2ccc([N+](=O)[O-])cc2Br)o1. The Morgan fingerprint density at radius 2 is 2.22 bits per heavy atom. The minimum atomic E-state index is -0.497. The normalized spacial score (nSPS) is 11.1. The molecule has 0 saturated heterocycles. The highest BCUT2D eigenvalue weighted by Gasteiger charge is 2.14. The molecule has 1 amide bonds. The van der Waals surface area contributed by atoms with Crippen LogP contribution in [0.3, 0.4) is 0 Å². The van der Waals surface area contributed by atoms with Crippen LogP contribution in [0.5, 0.6) is 0 Å². The predicted octanol–water partition coefficient (Wildman–Crippen LogP) is 3.68. The summed E-state index contributed by atoms with van der Waals surface area (Å²) < 4.78 is 11.0. The Bertz CT molecular complexity index is 914. The number of benzene rings is 1. The number of nitrogens with one attached hydrogen (secondary N) is 1. The molecule has 0 atom stereocenters. The maximum Gasteiger partial charge on any atom is 0.270 e. The maximum absolute atomic E-state index is 12.0. The number of hydrogen-bond acceptors (Lipinski definition) is 6. The van der Waals surface area contributed by atoms with Crippen molar-refractivity contribution in [3.05, 3.63) is 56.3 Å². The molecule has 0 bridgehead atoms. The first kappa shape index (κ1) is 20.4. The van der Waals surface area contributed by atoms with Crippen molar-refractivity contribution in [2.24, 2.45) is 0 Å². The van der Waals surface area contributed by atoms with E-state index in [1.807, 2.05) is 6.07 Å². The van der Waals surface area contributed by atoms with Crippen LogP contribution in [0.25, 0.3) is 17.4 Å². The number of rotatable bonds is 8. The van der Waals surface area contributed by atoms with Gasteiger partial charge in [-0.1, -0.05) is 0 Å². The van der Waals surface area contributed by atoms with Crippen molar-refractivity contribution < 1.29 is 18.9 Å². The molecule has 0 radical (unpaired) electrons. The Morgan fingerprint density at radius 3 is 2.85 bits per heavy atom. The maximum atomic E-state index is 12.0. The van der Waals surface area contributed by atoms with Gasteiger partial charge >= 0.3 is 0 Å². The summed E-state index contributed by atoms with van der Waals surface area (Å²) in [6.07, 6.45) is 1.98. The van der Waals surface area contributed by atoms with Crippen molar-refractivity contribution in [3.8, 4) is 17.4 Å². The van der Waals surface area contributed by atoms with Gasteiger partial charge in [0.15, 0.2) is 0 Å². The molecule has 2 rings (SSSR count). The van der Waals surface area contributed by atoms with Crippen LogP contribution >= 0.6 is 15.9 Å². The third-order valence-electron chi connectivity index (χ3n) is 3.52. The van der Waals surface area contributed by atoms with Crippen molar-refractivity contribution in [1.29, 1.82) is 5.26 Å². The van der Waals surface area contributed by atoms with Crippen molar-refractivity contribution in [2.45, 2.75) is 6.42 Å². The minimum absolute atomic E-state index is 0.0470. The third kappa shape index (κ3) is 5.51. The molecule has 0 unspecified atom stereocenters. The van der Waals surface area contributed by atoms with E-state index in [4.69, 9.17) is 9.15 Å². The Balaban J connectivity index is 2.16. The lowest BCUT2D eigenvalue weighted by Crippen LogP contribution is -2.26. The summed E-state index contributed by atoms with van der Waals surface area (Å²) in [4.78, 5) is 22.3. The Morgan fingerprint density at radius 1 is 1.44 bits per heavy atom. The number of ether oxygens (including phenoxy) is 1. The monoisotopic (exact) mass is 433 g/mol. The van der Waals surface area contributed by atoms with Gasteiger partial charge in [0.2, 0.25) is 0 Å². The highest BCUT2D eigenvalue weighted by Crippen LogP contribution is 2.32. The largest absolute Gasteiger partial charge is 0.457 e. The first-order chi connectivity index (χ1) is 13.0. The summed E-state index contributed by atoms with van der Waals surface area (Å²) in [6, 6.07) is 9.41. The van der Waals surface area contributed by atoms with E-state index in [9.17, 15) is 20.2 Å². The zero-order chi connectivity index (χ0) is 19.8. The lowest BCUT2D eigenvalue weighted by atomic mass is 10.1. The number of methoxy groups -OCH3 is 1. The molecular formula is C18H16BrN3O5. The van der Waals surface area contributed by atoms with E-state index in [2.05, 4.69) is 21.2 Å². The highest BCUT2D eigenvalue weighted by atomic mass is 79.9. The van der Waals surface area contributed by atoms with Crippen molar-refractivity contribution in [2.75, 3.05) is 20.3 Å². The number of carbonyl (C=O) groups is 1. The molecule has 1 aromatic carbocycles. The molecule has 0 aliphatic rings. The van der Waals surface area contributed by atoms with Gasteiger partial charge in [0.05, 0.1) is 4.92 Å². The van der Waals surface area contributed by atoms with E-state index in [1.54, 1.807) is 25.3 Å². The topological polar surface area (TPSA) is 118 Å². The molecule has 0 spiro atoms. The van der Waals surface area contributed by atoms with Crippen LogP contribution in [0.2, 0.25) is 0 Å². The number of nitro benzene ring substituents is 1. The fraction of sp³-hybridized carbons (Fsp3) is 0.222. The van der Waals surface area contributed by atoms with Gasteiger partial charge in [0, 0.05) is 48.5 Å². The molecule has 9 heteroatoms. The molecule has 140 valence electrons. The molecule has 27 heavy (non-hydrogen) atoms. The number of non-ortho nitro benzene ring substituents is 1. The summed E-state index contributed by atoms with van der Waals surface area (Å²) >= 11 is 3.28. The van der Waals surface area contributed by atoms with E-state index in [1.165, 1.54) is 18.2 Å². The van der Waals surface area contributed by atoms with Crippen LogP contribution < -0.4 is 5.32 Å². The zero-order valence-corrected chi connectivity index (χ0v) is 16.0. The van der Waals surface area contributed by atoms with Gasteiger partial charge < -0.3 is 14.5 Å².